The molecule has 0 fully saturated rings. The third kappa shape index (κ3) is 4.31. The second kappa shape index (κ2) is 7.91. The van der Waals surface area contributed by atoms with Gasteiger partial charge >= 0.3 is 5.97 Å². The molecule has 0 spiro atoms. The lowest BCUT2D eigenvalue weighted by atomic mass is 10.1. The predicted molar refractivity (Wildman–Crippen MR) is 93.3 cm³/mol. The van der Waals surface area contributed by atoms with Crippen LogP contribution in [0.15, 0.2) is 59.2 Å². The Hall–Kier alpha value is -3.42. The monoisotopic (exact) mass is 341 g/mol. The standard InChI is InChI=1S/C17H19N5O3/c1-11(18)15(16(19)20-2)17(24)25-9-14(23)12-3-5-13(6-4-12)22-8-7-21-10-22/h3-8,10H,9,18H2,1-2H3,(H2,19,20). The number of allylic oxidation sites excluding steroid dienone is 1. The van der Waals surface area contributed by atoms with E-state index in [2.05, 4.69) is 9.98 Å². The van der Waals surface area contributed by atoms with Crippen LogP contribution in [0.1, 0.15) is 17.3 Å². The molecule has 2 rings (SSSR count). The highest BCUT2D eigenvalue weighted by Crippen LogP contribution is 2.10. The van der Waals surface area contributed by atoms with E-state index in [1.807, 2.05) is 4.57 Å². The Balaban J connectivity index is 2.03. The van der Waals surface area contributed by atoms with Crippen molar-refractivity contribution in [1.82, 2.24) is 9.55 Å². The van der Waals surface area contributed by atoms with Crippen molar-refractivity contribution in [3.8, 4) is 5.69 Å². The van der Waals surface area contributed by atoms with E-state index >= 15 is 0 Å². The van der Waals surface area contributed by atoms with Gasteiger partial charge in [-0.15, -0.1) is 0 Å². The first kappa shape index (κ1) is 17.9. The molecule has 0 saturated heterocycles. The second-order valence-corrected chi connectivity index (χ2v) is 5.18. The van der Waals surface area contributed by atoms with Gasteiger partial charge in [0.05, 0.1) is 6.33 Å². The quantitative estimate of drug-likeness (QED) is 0.263. The number of hydrogen-bond acceptors (Lipinski definition) is 6. The Labute approximate surface area is 144 Å². The molecule has 2 aromatic rings. The molecule has 0 radical (unpaired) electrons. The third-order valence-electron chi connectivity index (χ3n) is 3.42. The van der Waals surface area contributed by atoms with Gasteiger partial charge in [0.25, 0.3) is 0 Å². The average Bonchev–Trinajstić information content (AvgIpc) is 3.14. The van der Waals surface area contributed by atoms with Gasteiger partial charge in [-0.1, -0.05) is 0 Å². The molecule has 0 saturated carbocycles. The van der Waals surface area contributed by atoms with Gasteiger partial charge in [0.15, 0.2) is 12.4 Å². The lowest BCUT2D eigenvalue weighted by Gasteiger charge is -2.09. The zero-order valence-electron chi connectivity index (χ0n) is 14.0. The van der Waals surface area contributed by atoms with Gasteiger partial charge in [-0.2, -0.15) is 0 Å². The van der Waals surface area contributed by atoms with Gasteiger partial charge in [-0.25, -0.2) is 9.78 Å². The average molecular weight is 341 g/mol. The van der Waals surface area contributed by atoms with Crippen molar-refractivity contribution in [3.05, 3.63) is 59.8 Å². The predicted octanol–water partition coefficient (Wildman–Crippen LogP) is 0.818. The number of rotatable bonds is 6. The van der Waals surface area contributed by atoms with E-state index in [1.165, 1.54) is 14.0 Å². The lowest BCUT2D eigenvalue weighted by molar-refractivity contribution is -0.137. The zero-order chi connectivity index (χ0) is 18.4. The Kier molecular flexibility index (Phi) is 5.67. The Morgan fingerprint density at radius 3 is 2.44 bits per heavy atom. The van der Waals surface area contributed by atoms with Gasteiger partial charge in [0.1, 0.15) is 11.4 Å². The van der Waals surface area contributed by atoms with Crippen molar-refractivity contribution in [2.75, 3.05) is 13.7 Å². The van der Waals surface area contributed by atoms with Crippen LogP contribution in [0.4, 0.5) is 0 Å². The normalized spacial score (nSPS) is 12.5. The molecule has 1 heterocycles. The number of amidine groups is 1. The number of carbonyl (C=O) groups is 2. The van der Waals surface area contributed by atoms with Crippen molar-refractivity contribution < 1.29 is 14.3 Å². The molecule has 8 nitrogen and oxygen atoms in total. The number of carbonyl (C=O) groups excluding carboxylic acids is 2. The second-order valence-electron chi connectivity index (χ2n) is 5.18. The molecule has 0 aliphatic rings. The van der Waals surface area contributed by atoms with Crippen LogP contribution in [0.2, 0.25) is 0 Å². The van der Waals surface area contributed by atoms with Crippen LogP contribution in [0.5, 0.6) is 0 Å². The van der Waals surface area contributed by atoms with E-state index in [4.69, 9.17) is 16.2 Å². The number of nitrogens with zero attached hydrogens (tertiary/aromatic N) is 3. The maximum Gasteiger partial charge on any atom is 0.344 e. The largest absolute Gasteiger partial charge is 0.454 e. The molecule has 25 heavy (non-hydrogen) atoms. The van der Waals surface area contributed by atoms with Crippen molar-refractivity contribution >= 4 is 17.6 Å². The molecule has 0 aliphatic heterocycles. The minimum Gasteiger partial charge on any atom is -0.454 e. The Bertz CT molecular complexity index is 816. The number of benzene rings is 1. The molecule has 130 valence electrons. The summed E-state index contributed by atoms with van der Waals surface area (Å²) in [7, 11) is 1.43. The summed E-state index contributed by atoms with van der Waals surface area (Å²) < 4.78 is 6.81. The van der Waals surface area contributed by atoms with Gasteiger partial charge in [-0.3, -0.25) is 9.79 Å². The first-order valence-corrected chi connectivity index (χ1v) is 7.41. The lowest BCUT2D eigenvalue weighted by Crippen LogP contribution is -2.27. The molecule has 0 aliphatic carbocycles. The van der Waals surface area contributed by atoms with Crippen LogP contribution >= 0.6 is 0 Å². The number of hydrogen-bond donors (Lipinski definition) is 2. The summed E-state index contributed by atoms with van der Waals surface area (Å²) in [4.78, 5) is 31.9. The third-order valence-corrected chi connectivity index (χ3v) is 3.42. The molecular formula is C17H19N5O3. The highest BCUT2D eigenvalue weighted by molar-refractivity contribution is 6.19. The van der Waals surface area contributed by atoms with Crippen LogP contribution < -0.4 is 11.5 Å². The van der Waals surface area contributed by atoms with Crippen LogP contribution in [-0.2, 0) is 9.53 Å². The zero-order valence-corrected chi connectivity index (χ0v) is 14.0. The van der Waals surface area contributed by atoms with E-state index in [0.29, 0.717) is 5.56 Å². The summed E-state index contributed by atoms with van der Waals surface area (Å²) in [5.74, 6) is -1.17. The van der Waals surface area contributed by atoms with E-state index in [-0.39, 0.29) is 22.9 Å². The van der Waals surface area contributed by atoms with Gasteiger partial charge in [0.2, 0.25) is 0 Å². The topological polar surface area (TPSA) is 126 Å². The van der Waals surface area contributed by atoms with E-state index in [1.54, 1.807) is 43.0 Å². The molecule has 0 amide bonds. The Morgan fingerprint density at radius 2 is 1.92 bits per heavy atom. The summed E-state index contributed by atoms with van der Waals surface area (Å²) in [5.41, 5.74) is 12.7. The van der Waals surface area contributed by atoms with Crippen LogP contribution in [-0.4, -0.2) is 40.8 Å². The molecule has 8 heteroatoms. The summed E-state index contributed by atoms with van der Waals surface area (Å²) >= 11 is 0. The molecule has 0 atom stereocenters. The first-order chi connectivity index (χ1) is 11.9. The number of aromatic nitrogens is 2. The summed E-state index contributed by atoms with van der Waals surface area (Å²) in [5, 5.41) is 0. The van der Waals surface area contributed by atoms with Crippen molar-refractivity contribution in [1.29, 1.82) is 0 Å². The van der Waals surface area contributed by atoms with Crippen molar-refractivity contribution in [2.24, 2.45) is 16.5 Å². The maximum atomic E-state index is 12.2. The summed E-state index contributed by atoms with van der Waals surface area (Å²) in [6, 6.07) is 6.85. The number of ketones is 1. The smallest absolute Gasteiger partial charge is 0.344 e. The highest BCUT2D eigenvalue weighted by atomic mass is 16.5. The summed E-state index contributed by atoms with van der Waals surface area (Å²) in [6.45, 7) is 1.09. The van der Waals surface area contributed by atoms with E-state index in [0.717, 1.165) is 5.69 Å². The van der Waals surface area contributed by atoms with Gasteiger partial charge in [-0.05, 0) is 31.2 Å². The molecule has 1 aromatic heterocycles. The molecule has 1 aromatic carbocycles. The minimum absolute atomic E-state index is 0.0363. The number of aliphatic imine (C=N–C) groups is 1. The first-order valence-electron chi connectivity index (χ1n) is 7.41. The molecule has 0 bridgehead atoms. The van der Waals surface area contributed by atoms with Crippen LogP contribution in [0.25, 0.3) is 5.69 Å². The number of ether oxygens (including phenoxy) is 1. The fraction of sp³-hybridized carbons (Fsp3) is 0.176. The molecule has 0 unspecified atom stereocenters. The Morgan fingerprint density at radius 1 is 1.24 bits per heavy atom. The van der Waals surface area contributed by atoms with Crippen molar-refractivity contribution in [3.63, 3.8) is 0 Å². The van der Waals surface area contributed by atoms with E-state index < -0.39 is 12.6 Å². The fourth-order valence-electron chi connectivity index (χ4n) is 2.10. The SMILES string of the molecule is CN=C(N)C(C(=O)OCC(=O)c1ccc(-n2ccnc2)cc1)=C(C)N. The number of esters is 1. The van der Waals surface area contributed by atoms with Gasteiger partial charge < -0.3 is 20.8 Å². The number of imidazole rings is 1. The van der Waals surface area contributed by atoms with Crippen molar-refractivity contribution in [2.45, 2.75) is 6.92 Å². The number of nitrogens with two attached hydrogens (primary N) is 2. The maximum absolute atomic E-state index is 12.2. The van der Waals surface area contributed by atoms with E-state index in [9.17, 15) is 9.59 Å². The van der Waals surface area contributed by atoms with Gasteiger partial charge in [0, 0.05) is 36.4 Å². The summed E-state index contributed by atoms with van der Waals surface area (Å²) in [6.07, 6.45) is 5.11. The molecule has 4 N–H and O–H groups in total. The molecular weight excluding hydrogens is 322 g/mol. The highest BCUT2D eigenvalue weighted by Gasteiger charge is 2.19. The van der Waals surface area contributed by atoms with Crippen LogP contribution in [0, 0.1) is 0 Å². The minimum atomic E-state index is -0.786. The fourth-order valence-corrected chi connectivity index (χ4v) is 2.10. The van der Waals surface area contributed by atoms with Crippen LogP contribution in [0.3, 0.4) is 0 Å². The number of Topliss-reactive ketones (excluding diaryl/α,β-unsaturated/α-hetero) is 1.